The van der Waals surface area contributed by atoms with Crippen molar-refractivity contribution in [2.24, 2.45) is 20.4 Å². The van der Waals surface area contributed by atoms with Crippen LogP contribution in [0.25, 0.3) is 23.3 Å². The molecule has 2 aliphatic carbocycles. The second-order valence-electron chi connectivity index (χ2n) is 12.6. The van der Waals surface area contributed by atoms with Gasteiger partial charge in [0.2, 0.25) is 11.6 Å². The smallest absolute Gasteiger partial charge is 0.296 e. The van der Waals surface area contributed by atoms with E-state index in [2.05, 4.69) is 31.3 Å². The van der Waals surface area contributed by atoms with E-state index >= 15 is 0 Å². The average molecular weight is 854 g/mol. The number of ketones is 2. The zero-order valence-electron chi connectivity index (χ0n) is 29.7. The number of Topliss-reactive ketones (excluding diaryl/α,β-unsaturated/α-hetero) is 1. The maximum Gasteiger partial charge on any atom is 0.296 e. The Morgan fingerprint density at radius 3 is 1.76 bits per heavy atom. The third kappa shape index (κ3) is 8.50. The van der Waals surface area contributed by atoms with E-state index in [0.29, 0.717) is 17.3 Å². The van der Waals surface area contributed by atoms with E-state index in [1.807, 2.05) is 36.4 Å². The quantitative estimate of drug-likeness (QED) is 0.0398. The number of hydrogen-bond acceptors (Lipinski definition) is 15. The predicted molar refractivity (Wildman–Crippen MR) is 219 cm³/mol. The van der Waals surface area contributed by atoms with Crippen molar-refractivity contribution in [3.8, 4) is 11.1 Å². The molecule has 0 amide bonds. The van der Waals surface area contributed by atoms with Gasteiger partial charge in [-0.3, -0.25) is 34.1 Å². The highest BCUT2D eigenvalue weighted by Gasteiger charge is 2.37. The predicted octanol–water partition coefficient (Wildman–Crippen LogP) is 6.15. The minimum absolute atomic E-state index is 0.0194. The third-order valence-electron chi connectivity index (χ3n) is 8.81. The van der Waals surface area contributed by atoms with Crippen molar-refractivity contribution < 1.29 is 48.5 Å². The molecule has 21 heteroatoms. The Kier molecular flexibility index (Phi) is 10.5. The van der Waals surface area contributed by atoms with E-state index in [9.17, 15) is 48.5 Å². The first-order valence-corrected chi connectivity index (χ1v) is 21.1. The molecule has 0 heterocycles. The molecule has 5 aromatic rings. The summed E-state index contributed by atoms with van der Waals surface area (Å²) in [6, 6.07) is 26.0. The monoisotopic (exact) mass is 853 g/mol. The molecule has 0 aromatic heterocycles. The van der Waals surface area contributed by atoms with Crippen LogP contribution in [-0.4, -0.2) is 61.9 Å². The number of anilines is 3. The first kappa shape index (κ1) is 40.2. The van der Waals surface area contributed by atoms with E-state index in [1.165, 1.54) is 6.08 Å². The summed E-state index contributed by atoms with van der Waals surface area (Å²) in [5.41, 5.74) is 12.7. The zero-order chi connectivity index (χ0) is 42.3. The van der Waals surface area contributed by atoms with Crippen molar-refractivity contribution in [3.63, 3.8) is 0 Å². The zero-order valence-corrected chi connectivity index (χ0v) is 32.2. The van der Waals surface area contributed by atoms with Crippen molar-refractivity contribution >= 4 is 93.9 Å². The highest BCUT2D eigenvalue weighted by molar-refractivity contribution is 7.91. The second kappa shape index (κ2) is 15.4. The van der Waals surface area contributed by atoms with E-state index in [1.54, 1.807) is 42.5 Å². The number of carbonyl (C=O) groups is 2. The number of nitrogens with zero attached hydrogens (tertiary/aromatic N) is 4. The van der Waals surface area contributed by atoms with Crippen molar-refractivity contribution in [1.29, 1.82) is 0 Å². The summed E-state index contributed by atoms with van der Waals surface area (Å²) < 4.78 is 102. The summed E-state index contributed by atoms with van der Waals surface area (Å²) in [6.45, 7) is 0. The minimum Gasteiger partial charge on any atom is -0.396 e. The number of fused-ring (bicyclic) bond motifs is 2. The number of hydrogen-bond donors (Lipinski definition) is 6. The number of nitrogens with one attached hydrogen (secondary N) is 2. The van der Waals surface area contributed by atoms with Gasteiger partial charge in [-0.25, -0.2) is 0 Å². The van der Waals surface area contributed by atoms with Crippen LogP contribution in [0.1, 0.15) is 27.0 Å². The summed E-state index contributed by atoms with van der Waals surface area (Å²) >= 11 is 0. The van der Waals surface area contributed by atoms with Gasteiger partial charge < -0.3 is 5.73 Å². The maximum absolute atomic E-state index is 13.8. The van der Waals surface area contributed by atoms with Crippen LogP contribution in [0.3, 0.4) is 0 Å². The topological polar surface area (TPSA) is 297 Å². The van der Waals surface area contributed by atoms with Crippen LogP contribution in [0, 0.1) is 0 Å². The van der Waals surface area contributed by atoms with Gasteiger partial charge in [-0.2, -0.15) is 40.6 Å². The summed E-state index contributed by atoms with van der Waals surface area (Å²) in [4.78, 5) is 23.8. The Labute approximate surface area is 335 Å². The highest BCUT2D eigenvalue weighted by atomic mass is 32.2. The van der Waals surface area contributed by atoms with E-state index < -0.39 is 79.0 Å². The van der Waals surface area contributed by atoms with Crippen LogP contribution >= 0.6 is 0 Å². The minimum atomic E-state index is -5.20. The van der Waals surface area contributed by atoms with E-state index in [4.69, 9.17) is 5.73 Å². The van der Waals surface area contributed by atoms with Crippen molar-refractivity contribution in [1.82, 2.24) is 0 Å². The van der Waals surface area contributed by atoms with Gasteiger partial charge in [0, 0.05) is 5.56 Å². The first-order valence-electron chi connectivity index (χ1n) is 16.8. The van der Waals surface area contributed by atoms with E-state index in [-0.39, 0.29) is 22.9 Å². The molecule has 0 bridgehead atoms. The van der Waals surface area contributed by atoms with Gasteiger partial charge in [0.05, 0.1) is 33.2 Å². The average Bonchev–Trinajstić information content (AvgIpc) is 3.19. The van der Waals surface area contributed by atoms with Crippen molar-refractivity contribution in [2.45, 2.75) is 9.79 Å². The Morgan fingerprint density at radius 1 is 0.593 bits per heavy atom. The van der Waals surface area contributed by atoms with Crippen molar-refractivity contribution in [2.75, 3.05) is 16.6 Å². The van der Waals surface area contributed by atoms with Crippen LogP contribution in [0.4, 0.5) is 28.4 Å². The molecule has 0 unspecified atom stereocenters. The van der Waals surface area contributed by atoms with Gasteiger partial charge in [0.25, 0.3) is 30.4 Å². The third-order valence-corrected chi connectivity index (χ3v) is 11.4. The van der Waals surface area contributed by atoms with Crippen LogP contribution in [-0.2, 0) is 35.1 Å². The normalized spacial score (nSPS) is 15.6. The highest BCUT2D eigenvalue weighted by Crippen LogP contribution is 2.41. The number of nitrogens with two attached hydrogens (primary N) is 1. The number of allylic oxidation sites excluding steroid dienone is 2. The van der Waals surface area contributed by atoms with Crippen molar-refractivity contribution in [3.05, 3.63) is 136 Å². The summed E-state index contributed by atoms with van der Waals surface area (Å²) in [5.74, 6) is -1.44. The fourth-order valence-corrected chi connectivity index (χ4v) is 7.77. The van der Waals surface area contributed by atoms with Crippen LogP contribution < -0.4 is 16.6 Å². The molecule has 18 nitrogen and oxygen atoms in total. The molecule has 7 N–H and O–H groups in total. The molecule has 0 atom stereocenters. The van der Waals surface area contributed by atoms with Gasteiger partial charge in [-0.15, -0.1) is 5.11 Å². The Bertz CT molecular complexity index is 3090. The van der Waals surface area contributed by atoms with Crippen LogP contribution in [0.15, 0.2) is 144 Å². The maximum atomic E-state index is 13.8. The molecule has 2 aliphatic rings. The number of rotatable bonds is 10. The summed E-state index contributed by atoms with van der Waals surface area (Å²) in [6.07, 6.45) is 3.91. The lowest BCUT2D eigenvalue weighted by molar-refractivity contribution is -0.108. The molecule has 0 aliphatic heterocycles. The molecule has 298 valence electrons. The second-order valence-corrected chi connectivity index (χ2v) is 16.8. The van der Waals surface area contributed by atoms with Gasteiger partial charge in [0.15, 0.2) is 5.71 Å². The number of nitrogen functional groups attached to an aromatic ring is 1. The molecule has 0 radical (unpaired) electrons. The molecule has 59 heavy (non-hydrogen) atoms. The van der Waals surface area contributed by atoms with E-state index in [0.717, 1.165) is 47.0 Å². The Balaban J connectivity index is 1.15. The summed E-state index contributed by atoms with van der Waals surface area (Å²) in [7, 11) is -14.9. The largest absolute Gasteiger partial charge is 0.396 e. The van der Waals surface area contributed by atoms with Gasteiger partial charge in [-0.05, 0) is 89.0 Å². The molecule has 7 rings (SSSR count). The lowest BCUT2D eigenvalue weighted by atomic mass is 9.92. The Hall–Kier alpha value is -7.01. The molecule has 0 saturated heterocycles. The first-order chi connectivity index (χ1) is 27.9. The molecule has 5 aromatic carbocycles. The number of benzene rings is 5. The molecule has 0 spiro atoms. The lowest BCUT2D eigenvalue weighted by Crippen LogP contribution is -2.28. The molecule has 0 fully saturated rings. The number of hydrazone groups is 2. The SMILES string of the molecule is Nc1c(N=Nc2ccc(-c3ccc(NN=C4C(=O)C=Cc5ccccc54)cc3)cc2)c(S(=O)(=O)O)cc2c1C(=O)C(=NNc1ccc(S(=O)(=O)O)cc1)C(S(=O)(=O)O)=C2. The molecular formula is C38H27N7O11S3. The fraction of sp³-hybridized carbons (Fsp3) is 0. The molecule has 0 saturated carbocycles. The van der Waals surface area contributed by atoms with Gasteiger partial charge >= 0.3 is 0 Å². The van der Waals surface area contributed by atoms with Gasteiger partial charge in [-0.1, -0.05) is 54.6 Å². The van der Waals surface area contributed by atoms with Gasteiger partial charge in [0.1, 0.15) is 21.2 Å². The van der Waals surface area contributed by atoms with Crippen LogP contribution in [0.5, 0.6) is 0 Å². The number of carbonyl (C=O) groups excluding carboxylic acids is 2. The number of azo groups is 1. The lowest BCUT2D eigenvalue weighted by Gasteiger charge is -2.20. The Morgan fingerprint density at radius 2 is 1.17 bits per heavy atom. The van der Waals surface area contributed by atoms with Crippen LogP contribution in [0.2, 0.25) is 0 Å². The summed E-state index contributed by atoms with van der Waals surface area (Å²) in [5, 5.41) is 16.1. The fourth-order valence-electron chi connectivity index (χ4n) is 5.96. The standard InChI is InChI=1S/C38H27N7O11S3/c39-34-33-24(20-32(59(54,55)56)37(38(33)47)45-42-27-14-16-28(17-15-27)57(48,49)50)19-31(58(51,52)53)36(34)44-41-26-12-7-22(8-13-26)21-5-10-25(11-6-21)40-43-35-29-4-2-1-3-23(29)9-18-30(35)46/h1-20,40,42H,39H2,(H,48,49,50)(H,51,52,53)(H,54,55,56). The molecular weight excluding hydrogens is 827 g/mol.